The lowest BCUT2D eigenvalue weighted by Gasteiger charge is -2.45. The molecule has 2 atom stereocenters. The van der Waals surface area contributed by atoms with Crippen molar-refractivity contribution in [3.8, 4) is 0 Å². The fraction of sp³-hybridized carbons (Fsp3) is 1.00. The monoisotopic (exact) mass is 169 g/mol. The Kier molecular flexibility index (Phi) is 2.53. The molecule has 0 aromatic rings. The standard InChI is InChI=1S/C11H23N/c1-9-5-10(2,3)7-11(4,6-9)8-12/h9H,5-8,12H2,1-4H3/t9-,11-/m1/s1. The lowest BCUT2D eigenvalue weighted by molar-refractivity contribution is 0.0676. The van der Waals surface area contributed by atoms with Gasteiger partial charge in [0.1, 0.15) is 0 Å². The summed E-state index contributed by atoms with van der Waals surface area (Å²) in [6, 6.07) is 0. The summed E-state index contributed by atoms with van der Waals surface area (Å²) in [5.74, 6) is 0.849. The van der Waals surface area contributed by atoms with E-state index in [1.54, 1.807) is 0 Å². The Morgan fingerprint density at radius 1 is 1.25 bits per heavy atom. The highest BCUT2D eigenvalue weighted by atomic mass is 14.6. The minimum atomic E-state index is 0.404. The first-order valence-electron chi connectivity index (χ1n) is 5.07. The Hall–Kier alpha value is -0.0400. The van der Waals surface area contributed by atoms with E-state index in [-0.39, 0.29) is 0 Å². The van der Waals surface area contributed by atoms with Crippen LogP contribution in [0.3, 0.4) is 0 Å². The van der Waals surface area contributed by atoms with Gasteiger partial charge >= 0.3 is 0 Å². The molecule has 1 aliphatic carbocycles. The molecule has 1 nitrogen and oxygen atoms in total. The fourth-order valence-electron chi connectivity index (χ4n) is 3.31. The maximum atomic E-state index is 5.82. The SMILES string of the molecule is C[C@@H]1CC(C)(C)C[C@](C)(CN)C1. The number of hydrogen-bond donors (Lipinski definition) is 1. The predicted octanol–water partition coefficient (Wildman–Crippen LogP) is 2.80. The van der Waals surface area contributed by atoms with Gasteiger partial charge in [-0.1, -0.05) is 27.7 Å². The molecule has 0 saturated heterocycles. The van der Waals surface area contributed by atoms with Gasteiger partial charge in [0.2, 0.25) is 0 Å². The van der Waals surface area contributed by atoms with Crippen LogP contribution in [-0.4, -0.2) is 6.54 Å². The molecule has 1 rings (SSSR count). The van der Waals surface area contributed by atoms with Gasteiger partial charge in [0.15, 0.2) is 0 Å². The number of rotatable bonds is 1. The lowest BCUT2D eigenvalue weighted by atomic mass is 9.61. The summed E-state index contributed by atoms with van der Waals surface area (Å²) in [5, 5.41) is 0. The van der Waals surface area contributed by atoms with Crippen LogP contribution in [0.4, 0.5) is 0 Å². The summed E-state index contributed by atoms with van der Waals surface area (Å²) in [6.45, 7) is 10.3. The fourth-order valence-corrected chi connectivity index (χ4v) is 3.31. The first-order chi connectivity index (χ1) is 5.37. The van der Waals surface area contributed by atoms with Gasteiger partial charge in [-0.25, -0.2) is 0 Å². The molecule has 0 unspecified atom stereocenters. The van der Waals surface area contributed by atoms with Crippen LogP contribution in [0.1, 0.15) is 47.0 Å². The summed E-state index contributed by atoms with van der Waals surface area (Å²) in [6.07, 6.45) is 3.97. The topological polar surface area (TPSA) is 26.0 Å². The van der Waals surface area contributed by atoms with Crippen molar-refractivity contribution in [2.45, 2.75) is 47.0 Å². The molecule has 0 radical (unpaired) electrons. The third kappa shape index (κ3) is 2.22. The molecular formula is C11H23N. The predicted molar refractivity (Wildman–Crippen MR) is 54.0 cm³/mol. The Morgan fingerprint density at radius 2 is 1.83 bits per heavy atom. The highest BCUT2D eigenvalue weighted by molar-refractivity contribution is 4.90. The maximum Gasteiger partial charge on any atom is -0.00229 e. The third-order valence-corrected chi connectivity index (χ3v) is 3.14. The summed E-state index contributed by atoms with van der Waals surface area (Å²) < 4.78 is 0. The van der Waals surface area contributed by atoms with E-state index in [2.05, 4.69) is 27.7 Å². The highest BCUT2D eigenvalue weighted by Crippen LogP contribution is 2.47. The smallest absolute Gasteiger partial charge is 0.00229 e. The highest BCUT2D eigenvalue weighted by Gasteiger charge is 2.38. The zero-order valence-electron chi connectivity index (χ0n) is 8.98. The zero-order chi connectivity index (χ0) is 9.41. The van der Waals surface area contributed by atoms with Crippen molar-refractivity contribution in [3.05, 3.63) is 0 Å². The molecule has 1 heteroatoms. The number of hydrogen-bond acceptors (Lipinski definition) is 1. The summed E-state index contributed by atoms with van der Waals surface area (Å²) >= 11 is 0. The zero-order valence-corrected chi connectivity index (χ0v) is 8.98. The van der Waals surface area contributed by atoms with E-state index in [9.17, 15) is 0 Å². The second kappa shape index (κ2) is 3.02. The molecule has 0 amide bonds. The minimum Gasteiger partial charge on any atom is -0.330 e. The quantitative estimate of drug-likeness (QED) is 0.642. The van der Waals surface area contributed by atoms with Crippen molar-refractivity contribution in [1.82, 2.24) is 0 Å². The first kappa shape index (κ1) is 10.0. The second-order valence-corrected chi connectivity index (χ2v) is 5.87. The molecule has 72 valence electrons. The molecule has 0 spiro atoms. The van der Waals surface area contributed by atoms with E-state index in [0.29, 0.717) is 10.8 Å². The Balaban J connectivity index is 2.70. The Labute approximate surface area is 76.7 Å². The summed E-state index contributed by atoms with van der Waals surface area (Å²) in [5.41, 5.74) is 6.73. The Bertz CT molecular complexity index is 162. The van der Waals surface area contributed by atoms with Crippen LogP contribution in [0.5, 0.6) is 0 Å². The third-order valence-electron chi connectivity index (χ3n) is 3.14. The van der Waals surface area contributed by atoms with Crippen molar-refractivity contribution >= 4 is 0 Å². The summed E-state index contributed by atoms with van der Waals surface area (Å²) in [7, 11) is 0. The van der Waals surface area contributed by atoms with Crippen molar-refractivity contribution in [1.29, 1.82) is 0 Å². The van der Waals surface area contributed by atoms with Gasteiger partial charge < -0.3 is 5.73 Å². The van der Waals surface area contributed by atoms with E-state index in [4.69, 9.17) is 5.73 Å². The molecule has 1 saturated carbocycles. The normalized spacial score (nSPS) is 41.2. The van der Waals surface area contributed by atoms with Crippen molar-refractivity contribution < 1.29 is 0 Å². The largest absolute Gasteiger partial charge is 0.330 e. The Morgan fingerprint density at radius 3 is 2.25 bits per heavy atom. The van der Waals surface area contributed by atoms with Crippen molar-refractivity contribution in [2.75, 3.05) is 6.54 Å². The van der Waals surface area contributed by atoms with Crippen LogP contribution in [0.2, 0.25) is 0 Å². The minimum absolute atomic E-state index is 0.404. The van der Waals surface area contributed by atoms with E-state index in [0.717, 1.165) is 12.5 Å². The van der Waals surface area contributed by atoms with E-state index in [1.807, 2.05) is 0 Å². The lowest BCUT2D eigenvalue weighted by Crippen LogP contribution is -2.39. The molecule has 2 N–H and O–H groups in total. The van der Waals surface area contributed by atoms with E-state index < -0.39 is 0 Å². The second-order valence-electron chi connectivity index (χ2n) is 5.87. The molecule has 0 aromatic carbocycles. The van der Waals surface area contributed by atoms with Crippen LogP contribution in [0, 0.1) is 16.7 Å². The van der Waals surface area contributed by atoms with Gasteiger partial charge in [-0.15, -0.1) is 0 Å². The van der Waals surface area contributed by atoms with Crippen LogP contribution >= 0.6 is 0 Å². The van der Waals surface area contributed by atoms with Gasteiger partial charge in [0.05, 0.1) is 0 Å². The van der Waals surface area contributed by atoms with E-state index in [1.165, 1.54) is 19.3 Å². The molecule has 0 aliphatic heterocycles. The van der Waals surface area contributed by atoms with Crippen LogP contribution in [-0.2, 0) is 0 Å². The molecule has 0 aromatic heterocycles. The van der Waals surface area contributed by atoms with Gasteiger partial charge in [-0.05, 0) is 42.6 Å². The molecule has 0 bridgehead atoms. The molecule has 12 heavy (non-hydrogen) atoms. The average Bonchev–Trinajstić information content (AvgIpc) is 1.82. The maximum absolute atomic E-state index is 5.82. The summed E-state index contributed by atoms with van der Waals surface area (Å²) in [4.78, 5) is 0. The average molecular weight is 169 g/mol. The molecule has 1 aliphatic rings. The van der Waals surface area contributed by atoms with Gasteiger partial charge in [0, 0.05) is 0 Å². The first-order valence-corrected chi connectivity index (χ1v) is 5.07. The molecule has 1 fully saturated rings. The van der Waals surface area contributed by atoms with Crippen LogP contribution in [0.15, 0.2) is 0 Å². The molecular weight excluding hydrogens is 146 g/mol. The van der Waals surface area contributed by atoms with Crippen LogP contribution < -0.4 is 5.73 Å². The molecule has 0 heterocycles. The van der Waals surface area contributed by atoms with Gasteiger partial charge in [0.25, 0.3) is 0 Å². The van der Waals surface area contributed by atoms with Crippen LogP contribution in [0.25, 0.3) is 0 Å². The van der Waals surface area contributed by atoms with E-state index >= 15 is 0 Å². The van der Waals surface area contributed by atoms with Crippen molar-refractivity contribution in [3.63, 3.8) is 0 Å². The van der Waals surface area contributed by atoms with Crippen molar-refractivity contribution in [2.24, 2.45) is 22.5 Å². The van der Waals surface area contributed by atoms with Gasteiger partial charge in [-0.2, -0.15) is 0 Å². The number of nitrogens with two attached hydrogens (primary N) is 1. The van der Waals surface area contributed by atoms with Gasteiger partial charge in [-0.3, -0.25) is 0 Å².